The van der Waals surface area contributed by atoms with Crippen LogP contribution in [0.25, 0.3) is 4.96 Å². The Morgan fingerprint density at radius 2 is 1.89 bits per heavy atom. The van der Waals surface area contributed by atoms with Crippen LogP contribution in [-0.4, -0.2) is 33.6 Å². The second-order valence-corrected chi connectivity index (χ2v) is 7.54. The molecule has 0 atom stereocenters. The number of aryl methyl sites for hydroxylation is 1. The van der Waals surface area contributed by atoms with Crippen molar-refractivity contribution in [1.29, 1.82) is 0 Å². The van der Waals surface area contributed by atoms with E-state index in [9.17, 15) is 9.59 Å². The van der Waals surface area contributed by atoms with Crippen LogP contribution in [0.5, 0.6) is 0 Å². The van der Waals surface area contributed by atoms with Crippen LogP contribution in [0, 0.1) is 0 Å². The fourth-order valence-electron chi connectivity index (χ4n) is 3.17. The van der Waals surface area contributed by atoms with E-state index in [0.717, 1.165) is 43.0 Å². The predicted molar refractivity (Wildman–Crippen MR) is 106 cm³/mol. The summed E-state index contributed by atoms with van der Waals surface area (Å²) >= 11 is 1.35. The molecule has 1 amide bonds. The lowest BCUT2D eigenvalue weighted by atomic mass is 10.1. The van der Waals surface area contributed by atoms with Crippen LogP contribution in [0.1, 0.15) is 41.4 Å². The molecular formula is C19H21N5O2S. The van der Waals surface area contributed by atoms with Crippen LogP contribution < -0.4 is 15.8 Å². The Balaban J connectivity index is 1.57. The Hall–Kier alpha value is -2.74. The Morgan fingerprint density at radius 3 is 2.59 bits per heavy atom. The zero-order valence-corrected chi connectivity index (χ0v) is 16.0. The standard InChI is InChI=1S/C19H21N5O2S/c1-2-13-5-7-14(8-6-13)12-20-17(26)15-11-16(25)21-18-24(15)22-19(27-18)23-9-3-4-10-23/h5-8,11H,2-4,9-10,12H2,1H3,(H,20,26). The Kier molecular flexibility index (Phi) is 4.89. The van der Waals surface area contributed by atoms with E-state index in [1.807, 2.05) is 12.1 Å². The minimum Gasteiger partial charge on any atom is -0.347 e. The van der Waals surface area contributed by atoms with Crippen molar-refractivity contribution < 1.29 is 4.79 Å². The number of nitrogens with zero attached hydrogens (tertiary/aromatic N) is 4. The van der Waals surface area contributed by atoms with Gasteiger partial charge < -0.3 is 10.2 Å². The molecule has 1 aliphatic rings. The minimum absolute atomic E-state index is 0.219. The third-order valence-corrected chi connectivity index (χ3v) is 5.71. The van der Waals surface area contributed by atoms with Gasteiger partial charge in [0.05, 0.1) is 0 Å². The second kappa shape index (κ2) is 7.48. The molecule has 0 radical (unpaired) electrons. The van der Waals surface area contributed by atoms with Crippen molar-refractivity contribution in [1.82, 2.24) is 19.9 Å². The van der Waals surface area contributed by atoms with Gasteiger partial charge in [-0.3, -0.25) is 9.59 Å². The van der Waals surface area contributed by atoms with Crippen molar-refractivity contribution in [3.63, 3.8) is 0 Å². The van der Waals surface area contributed by atoms with Gasteiger partial charge in [0.25, 0.3) is 11.5 Å². The van der Waals surface area contributed by atoms with Gasteiger partial charge in [-0.15, -0.1) is 5.10 Å². The summed E-state index contributed by atoms with van der Waals surface area (Å²) in [5.74, 6) is -0.331. The van der Waals surface area contributed by atoms with Crippen molar-refractivity contribution in [2.24, 2.45) is 0 Å². The predicted octanol–water partition coefficient (Wildman–Crippen LogP) is 2.24. The van der Waals surface area contributed by atoms with Gasteiger partial charge in [-0.05, 0) is 30.4 Å². The molecule has 2 aromatic heterocycles. The SMILES string of the molecule is CCc1ccc(CNC(=O)c2cc(=O)nc3sc(N4CCCC4)nn23)cc1. The zero-order chi connectivity index (χ0) is 18.8. The van der Waals surface area contributed by atoms with Crippen molar-refractivity contribution in [3.05, 3.63) is 57.5 Å². The first-order valence-electron chi connectivity index (χ1n) is 9.16. The molecule has 0 aliphatic carbocycles. The smallest absolute Gasteiger partial charge is 0.274 e. The highest BCUT2D eigenvalue weighted by Gasteiger charge is 2.20. The van der Waals surface area contributed by atoms with E-state index in [0.29, 0.717) is 11.5 Å². The highest BCUT2D eigenvalue weighted by Crippen LogP contribution is 2.25. The molecule has 27 heavy (non-hydrogen) atoms. The minimum atomic E-state index is -0.427. The number of amides is 1. The lowest BCUT2D eigenvalue weighted by Gasteiger charge is -2.11. The molecule has 0 spiro atoms. The maximum absolute atomic E-state index is 12.7. The Bertz CT molecular complexity index is 1020. The number of hydrogen-bond donors (Lipinski definition) is 1. The molecule has 4 rings (SSSR count). The highest BCUT2D eigenvalue weighted by molar-refractivity contribution is 7.20. The van der Waals surface area contributed by atoms with Crippen molar-refractivity contribution in [2.45, 2.75) is 32.7 Å². The number of benzene rings is 1. The molecule has 1 aromatic carbocycles. The highest BCUT2D eigenvalue weighted by atomic mass is 32.1. The largest absolute Gasteiger partial charge is 0.347 e. The molecule has 1 fully saturated rings. The number of hydrogen-bond acceptors (Lipinski definition) is 6. The summed E-state index contributed by atoms with van der Waals surface area (Å²) in [6.45, 7) is 4.39. The number of carbonyl (C=O) groups is 1. The lowest BCUT2D eigenvalue weighted by molar-refractivity contribution is 0.0943. The van der Waals surface area contributed by atoms with Gasteiger partial charge in [0, 0.05) is 25.7 Å². The molecule has 0 saturated carbocycles. The second-order valence-electron chi connectivity index (χ2n) is 6.61. The average Bonchev–Trinajstić information content (AvgIpc) is 3.35. The monoisotopic (exact) mass is 383 g/mol. The number of anilines is 1. The summed E-state index contributed by atoms with van der Waals surface area (Å²) < 4.78 is 1.48. The van der Waals surface area contributed by atoms with Gasteiger partial charge >= 0.3 is 0 Å². The van der Waals surface area contributed by atoms with Crippen LogP contribution in [-0.2, 0) is 13.0 Å². The molecule has 3 aromatic rings. The van der Waals surface area contributed by atoms with Crippen molar-refractivity contribution in [3.8, 4) is 0 Å². The number of fused-ring (bicyclic) bond motifs is 1. The molecule has 1 saturated heterocycles. The summed E-state index contributed by atoms with van der Waals surface area (Å²) in [6, 6.07) is 9.36. The van der Waals surface area contributed by atoms with Gasteiger partial charge in [0.2, 0.25) is 10.1 Å². The Morgan fingerprint density at radius 1 is 1.19 bits per heavy atom. The summed E-state index contributed by atoms with van der Waals surface area (Å²) in [7, 11) is 0. The first kappa shape index (κ1) is 17.7. The van der Waals surface area contributed by atoms with Crippen molar-refractivity contribution >= 4 is 27.3 Å². The normalized spacial score (nSPS) is 14.0. The topological polar surface area (TPSA) is 79.6 Å². The summed E-state index contributed by atoms with van der Waals surface area (Å²) in [5, 5.41) is 8.21. The summed E-state index contributed by atoms with van der Waals surface area (Å²) in [6.07, 6.45) is 3.24. The van der Waals surface area contributed by atoms with Gasteiger partial charge in [-0.25, -0.2) is 0 Å². The maximum Gasteiger partial charge on any atom is 0.274 e. The first-order valence-corrected chi connectivity index (χ1v) is 9.97. The van der Waals surface area contributed by atoms with E-state index in [1.54, 1.807) is 0 Å². The third-order valence-electron chi connectivity index (χ3n) is 4.74. The van der Waals surface area contributed by atoms with E-state index in [1.165, 1.54) is 27.5 Å². The van der Waals surface area contributed by atoms with Crippen LogP contribution in [0.15, 0.2) is 35.1 Å². The molecule has 0 bridgehead atoms. The summed E-state index contributed by atoms with van der Waals surface area (Å²) in [5.41, 5.74) is 2.06. The van der Waals surface area contributed by atoms with E-state index in [4.69, 9.17) is 0 Å². The van der Waals surface area contributed by atoms with Gasteiger partial charge in [-0.2, -0.15) is 9.50 Å². The average molecular weight is 383 g/mol. The summed E-state index contributed by atoms with van der Waals surface area (Å²) in [4.78, 5) is 31.3. The Labute approximate surface area is 160 Å². The molecule has 1 aliphatic heterocycles. The third kappa shape index (κ3) is 3.71. The van der Waals surface area contributed by atoms with Gasteiger partial charge in [-0.1, -0.05) is 42.5 Å². The lowest BCUT2D eigenvalue weighted by Crippen LogP contribution is -2.27. The fraction of sp³-hybridized carbons (Fsp3) is 0.368. The van der Waals surface area contributed by atoms with E-state index in [2.05, 4.69) is 39.4 Å². The zero-order valence-electron chi connectivity index (χ0n) is 15.1. The number of rotatable bonds is 5. The van der Waals surface area contributed by atoms with Gasteiger partial charge in [0.1, 0.15) is 5.69 Å². The molecule has 8 heteroatoms. The molecule has 1 N–H and O–H groups in total. The first-order chi connectivity index (χ1) is 13.1. The van der Waals surface area contributed by atoms with Gasteiger partial charge in [0.15, 0.2) is 0 Å². The van der Waals surface area contributed by atoms with Crippen LogP contribution >= 0.6 is 11.3 Å². The fourth-order valence-corrected chi connectivity index (χ4v) is 4.13. The van der Waals surface area contributed by atoms with Crippen LogP contribution in [0.3, 0.4) is 0 Å². The van der Waals surface area contributed by atoms with Crippen LogP contribution in [0.4, 0.5) is 5.13 Å². The molecule has 0 unspecified atom stereocenters. The quantitative estimate of drug-likeness (QED) is 0.731. The molecule has 3 heterocycles. The number of carbonyl (C=O) groups excluding carboxylic acids is 1. The molecule has 7 nitrogen and oxygen atoms in total. The van der Waals surface area contributed by atoms with Crippen molar-refractivity contribution in [2.75, 3.05) is 18.0 Å². The maximum atomic E-state index is 12.7. The molecular weight excluding hydrogens is 362 g/mol. The number of aromatic nitrogens is 3. The number of nitrogens with one attached hydrogen (secondary N) is 1. The van der Waals surface area contributed by atoms with Crippen LogP contribution in [0.2, 0.25) is 0 Å². The van der Waals surface area contributed by atoms with E-state index < -0.39 is 5.56 Å². The molecule has 140 valence electrons. The van der Waals surface area contributed by atoms with E-state index >= 15 is 0 Å². The van der Waals surface area contributed by atoms with E-state index in [-0.39, 0.29) is 11.6 Å².